The summed E-state index contributed by atoms with van der Waals surface area (Å²) in [6, 6.07) is 15.7. The maximum absolute atomic E-state index is 12.6. The molecule has 0 heterocycles. The van der Waals surface area contributed by atoms with Gasteiger partial charge in [-0.3, -0.25) is 4.79 Å². The van der Waals surface area contributed by atoms with E-state index < -0.39 is 18.2 Å². The van der Waals surface area contributed by atoms with Crippen LogP contribution in [0, 0.1) is 0 Å². The molecule has 0 radical (unpaired) electrons. The molecule has 0 saturated heterocycles. The molecule has 0 bridgehead atoms. The summed E-state index contributed by atoms with van der Waals surface area (Å²) in [4.78, 5) is 36.3. The van der Waals surface area contributed by atoms with Gasteiger partial charge in [-0.1, -0.05) is 68.1 Å². The number of ether oxygens (including phenoxy) is 2. The third-order valence-corrected chi connectivity index (χ3v) is 5.89. The highest BCUT2D eigenvalue weighted by Crippen LogP contribution is 2.44. The van der Waals surface area contributed by atoms with Crippen molar-refractivity contribution in [3.63, 3.8) is 0 Å². The van der Waals surface area contributed by atoms with Crippen molar-refractivity contribution < 1.29 is 23.9 Å². The van der Waals surface area contributed by atoms with Gasteiger partial charge in [0.15, 0.2) is 5.78 Å². The largest absolute Gasteiger partial charge is 0.449 e. The van der Waals surface area contributed by atoms with Crippen LogP contribution in [0.1, 0.15) is 49.7 Å². The number of benzene rings is 2. The number of fused-ring (bicyclic) bond motifs is 3. The molecule has 7 heteroatoms. The minimum Gasteiger partial charge on any atom is -0.449 e. The quantitative estimate of drug-likeness (QED) is 0.342. The van der Waals surface area contributed by atoms with Crippen LogP contribution in [0.4, 0.5) is 9.59 Å². The summed E-state index contributed by atoms with van der Waals surface area (Å²) < 4.78 is 10.4. The van der Waals surface area contributed by atoms with Gasteiger partial charge >= 0.3 is 12.2 Å². The average Bonchev–Trinajstić information content (AvgIpc) is 3.18. The Balaban J connectivity index is 1.49. The summed E-state index contributed by atoms with van der Waals surface area (Å²) >= 11 is 0. The zero-order valence-electron chi connectivity index (χ0n) is 19.5. The first-order chi connectivity index (χ1) is 16.5. The standard InChI is InChI=1S/C27H32N2O5/c1-3-17-33-26(31)28-16-10-9-15-24(25(30)4-2)29-27(32)34-18-23-21-13-7-5-11-19(21)20-12-6-8-14-22(20)23/h3,5-8,11-14,23-24H,1,4,9-10,15-18H2,2H3,(H,28,31)(H,29,32). The van der Waals surface area contributed by atoms with E-state index in [-0.39, 0.29) is 24.9 Å². The molecule has 2 aromatic carbocycles. The van der Waals surface area contributed by atoms with Gasteiger partial charge in [-0.2, -0.15) is 0 Å². The first-order valence-electron chi connectivity index (χ1n) is 11.7. The van der Waals surface area contributed by atoms with E-state index in [9.17, 15) is 14.4 Å². The number of alkyl carbamates (subject to hydrolysis) is 2. The molecule has 0 aromatic heterocycles. The predicted molar refractivity (Wildman–Crippen MR) is 131 cm³/mol. The first-order valence-corrected chi connectivity index (χ1v) is 11.7. The third kappa shape index (κ3) is 6.47. The molecule has 1 aliphatic rings. The number of carbonyl (C=O) groups is 3. The third-order valence-electron chi connectivity index (χ3n) is 5.89. The Morgan fingerprint density at radius 1 is 0.971 bits per heavy atom. The van der Waals surface area contributed by atoms with Crippen molar-refractivity contribution in [2.24, 2.45) is 0 Å². The molecule has 2 N–H and O–H groups in total. The Morgan fingerprint density at radius 2 is 1.62 bits per heavy atom. The number of nitrogens with one attached hydrogen (secondary N) is 2. The summed E-state index contributed by atoms with van der Waals surface area (Å²) in [7, 11) is 0. The minimum atomic E-state index is -0.617. The van der Waals surface area contributed by atoms with Crippen LogP contribution < -0.4 is 10.6 Å². The molecule has 7 nitrogen and oxygen atoms in total. The van der Waals surface area contributed by atoms with Gasteiger partial charge in [-0.25, -0.2) is 9.59 Å². The van der Waals surface area contributed by atoms with Crippen molar-refractivity contribution in [2.75, 3.05) is 19.8 Å². The van der Waals surface area contributed by atoms with E-state index in [2.05, 4.69) is 41.5 Å². The maximum Gasteiger partial charge on any atom is 0.407 e. The van der Waals surface area contributed by atoms with Gasteiger partial charge in [0.05, 0.1) is 6.04 Å². The number of hydrogen-bond donors (Lipinski definition) is 2. The molecular weight excluding hydrogens is 432 g/mol. The Labute approximate surface area is 200 Å². The summed E-state index contributed by atoms with van der Waals surface area (Å²) in [5.41, 5.74) is 4.59. The van der Waals surface area contributed by atoms with Gasteiger partial charge in [-0.15, -0.1) is 0 Å². The Bertz CT molecular complexity index is 974. The van der Waals surface area contributed by atoms with Crippen molar-refractivity contribution in [1.82, 2.24) is 10.6 Å². The van der Waals surface area contributed by atoms with E-state index >= 15 is 0 Å². The monoisotopic (exact) mass is 464 g/mol. The highest BCUT2D eigenvalue weighted by Gasteiger charge is 2.29. The Morgan fingerprint density at radius 3 is 2.24 bits per heavy atom. The van der Waals surface area contributed by atoms with Crippen LogP contribution in [0.25, 0.3) is 11.1 Å². The predicted octanol–water partition coefficient (Wildman–Crippen LogP) is 4.96. The molecule has 0 aliphatic heterocycles. The van der Waals surface area contributed by atoms with Crippen LogP contribution in [0.15, 0.2) is 61.2 Å². The molecule has 1 aliphatic carbocycles. The highest BCUT2D eigenvalue weighted by atomic mass is 16.6. The van der Waals surface area contributed by atoms with Gasteiger partial charge in [0.25, 0.3) is 0 Å². The molecule has 34 heavy (non-hydrogen) atoms. The number of Topliss-reactive ketones (excluding diaryl/α,β-unsaturated/α-hetero) is 1. The van der Waals surface area contributed by atoms with Gasteiger partial charge in [0.1, 0.15) is 13.2 Å². The van der Waals surface area contributed by atoms with Gasteiger partial charge < -0.3 is 20.1 Å². The molecule has 2 amide bonds. The van der Waals surface area contributed by atoms with Crippen LogP contribution in [0.5, 0.6) is 0 Å². The molecule has 1 atom stereocenters. The average molecular weight is 465 g/mol. The number of unbranched alkanes of at least 4 members (excludes halogenated alkanes) is 1. The Hall–Kier alpha value is -3.61. The van der Waals surface area contributed by atoms with E-state index in [0.29, 0.717) is 32.2 Å². The fourth-order valence-corrected chi connectivity index (χ4v) is 4.19. The van der Waals surface area contributed by atoms with Crippen LogP contribution in [-0.2, 0) is 14.3 Å². The molecule has 0 fully saturated rings. The molecular formula is C27H32N2O5. The van der Waals surface area contributed by atoms with Crippen molar-refractivity contribution in [2.45, 2.75) is 44.6 Å². The number of carbonyl (C=O) groups excluding carboxylic acids is 3. The molecule has 1 unspecified atom stereocenters. The zero-order valence-corrected chi connectivity index (χ0v) is 19.5. The second-order valence-electron chi connectivity index (χ2n) is 8.15. The van der Waals surface area contributed by atoms with Crippen LogP contribution in [0.2, 0.25) is 0 Å². The zero-order chi connectivity index (χ0) is 24.3. The lowest BCUT2D eigenvalue weighted by atomic mass is 9.98. The molecule has 0 saturated carbocycles. The normalized spacial score (nSPS) is 12.7. The summed E-state index contributed by atoms with van der Waals surface area (Å²) in [5, 5.41) is 5.37. The lowest BCUT2D eigenvalue weighted by Gasteiger charge is -2.19. The van der Waals surface area contributed by atoms with Crippen molar-refractivity contribution in [1.29, 1.82) is 0 Å². The molecule has 180 valence electrons. The number of hydrogen-bond acceptors (Lipinski definition) is 5. The summed E-state index contributed by atoms with van der Waals surface area (Å²) in [6.07, 6.45) is 2.50. The van der Waals surface area contributed by atoms with Gasteiger partial charge in [-0.05, 0) is 41.5 Å². The van der Waals surface area contributed by atoms with Crippen LogP contribution in [-0.4, -0.2) is 43.8 Å². The minimum absolute atomic E-state index is 0.0367. The van der Waals surface area contributed by atoms with E-state index in [1.165, 1.54) is 6.08 Å². The SMILES string of the molecule is C=CCOC(=O)NCCCCC(NC(=O)OCC1c2ccccc2-c2ccccc21)C(=O)CC. The van der Waals surface area contributed by atoms with Crippen molar-refractivity contribution >= 4 is 18.0 Å². The van der Waals surface area contributed by atoms with E-state index in [4.69, 9.17) is 9.47 Å². The molecule has 2 aromatic rings. The van der Waals surface area contributed by atoms with E-state index in [1.807, 2.05) is 24.3 Å². The summed E-state index contributed by atoms with van der Waals surface area (Å²) in [5.74, 6) is -0.0859. The Kier molecular flexibility index (Phi) is 9.26. The smallest absolute Gasteiger partial charge is 0.407 e. The fourth-order valence-electron chi connectivity index (χ4n) is 4.19. The van der Waals surface area contributed by atoms with Crippen molar-refractivity contribution in [3.05, 3.63) is 72.3 Å². The number of ketones is 1. The number of amides is 2. The molecule has 3 rings (SSSR count). The van der Waals surface area contributed by atoms with Gasteiger partial charge in [0, 0.05) is 18.9 Å². The maximum atomic E-state index is 12.6. The second kappa shape index (κ2) is 12.6. The topological polar surface area (TPSA) is 93.7 Å². The lowest BCUT2D eigenvalue weighted by molar-refractivity contribution is -0.120. The molecule has 0 spiro atoms. The second-order valence-corrected chi connectivity index (χ2v) is 8.15. The van der Waals surface area contributed by atoms with Crippen LogP contribution in [0.3, 0.4) is 0 Å². The summed E-state index contributed by atoms with van der Waals surface area (Å²) in [6.45, 7) is 6.03. The van der Waals surface area contributed by atoms with E-state index in [0.717, 1.165) is 22.3 Å². The lowest BCUT2D eigenvalue weighted by Crippen LogP contribution is -2.41. The van der Waals surface area contributed by atoms with Gasteiger partial charge in [0.2, 0.25) is 0 Å². The first kappa shape index (κ1) is 25.0. The fraction of sp³-hybridized carbons (Fsp3) is 0.370. The van der Waals surface area contributed by atoms with Crippen molar-refractivity contribution in [3.8, 4) is 11.1 Å². The number of rotatable bonds is 12. The van der Waals surface area contributed by atoms with Crippen LogP contribution >= 0.6 is 0 Å². The van der Waals surface area contributed by atoms with E-state index in [1.54, 1.807) is 6.92 Å². The highest BCUT2D eigenvalue weighted by molar-refractivity contribution is 5.87.